The molecule has 3 heterocycles. The third-order valence-corrected chi connectivity index (χ3v) is 5.78. The average Bonchev–Trinajstić information content (AvgIpc) is 3.31. The standard InChI is InChI=1S/C23H26N4O3S/c1-29-19-7-6-17-10-18(22(28)26-21(17)11-19)15-27(14-16-4-2-8-24-12-16)23(31)25-13-20-5-3-9-30-20/h2,4,6-8,10-12,20H,3,5,9,13-15H2,1H3,(H,25,31)(H,26,28)/t20-/m0/s1. The van der Waals surface area contributed by atoms with Crippen molar-refractivity contribution < 1.29 is 9.47 Å². The highest BCUT2D eigenvalue weighted by atomic mass is 32.1. The molecule has 1 aliphatic heterocycles. The fourth-order valence-electron chi connectivity index (χ4n) is 3.71. The Balaban J connectivity index is 1.56. The molecule has 31 heavy (non-hydrogen) atoms. The summed E-state index contributed by atoms with van der Waals surface area (Å²) in [5.74, 6) is 0.702. The molecule has 1 atom stereocenters. The maximum atomic E-state index is 12.8. The fourth-order valence-corrected chi connectivity index (χ4v) is 3.92. The van der Waals surface area contributed by atoms with Crippen LogP contribution in [0.5, 0.6) is 5.75 Å². The van der Waals surface area contributed by atoms with Crippen LogP contribution in [0.3, 0.4) is 0 Å². The highest BCUT2D eigenvalue weighted by Gasteiger charge is 2.18. The first-order valence-corrected chi connectivity index (χ1v) is 10.8. The number of hydrogen-bond donors (Lipinski definition) is 2. The van der Waals surface area contributed by atoms with Crippen molar-refractivity contribution in [1.82, 2.24) is 20.2 Å². The fraction of sp³-hybridized carbons (Fsp3) is 0.348. The minimum atomic E-state index is -0.140. The number of nitrogens with zero attached hydrogens (tertiary/aromatic N) is 2. The highest BCUT2D eigenvalue weighted by Crippen LogP contribution is 2.19. The summed E-state index contributed by atoms with van der Waals surface area (Å²) < 4.78 is 10.9. The first kappa shape index (κ1) is 21.3. The lowest BCUT2D eigenvalue weighted by Gasteiger charge is -2.26. The number of pyridine rings is 2. The predicted octanol–water partition coefficient (Wildman–Crippen LogP) is 2.99. The van der Waals surface area contributed by atoms with E-state index < -0.39 is 0 Å². The van der Waals surface area contributed by atoms with Crippen molar-refractivity contribution >= 4 is 28.2 Å². The lowest BCUT2D eigenvalue weighted by molar-refractivity contribution is 0.113. The Morgan fingerprint density at radius 1 is 1.35 bits per heavy atom. The molecular formula is C23H26N4O3S. The molecule has 1 saturated heterocycles. The molecule has 162 valence electrons. The Kier molecular flexibility index (Phi) is 6.79. The van der Waals surface area contributed by atoms with Gasteiger partial charge in [0.2, 0.25) is 0 Å². The zero-order valence-electron chi connectivity index (χ0n) is 17.5. The third-order valence-electron chi connectivity index (χ3n) is 5.38. The van der Waals surface area contributed by atoms with Crippen LogP contribution in [0, 0.1) is 0 Å². The number of ether oxygens (including phenoxy) is 2. The highest BCUT2D eigenvalue weighted by molar-refractivity contribution is 7.80. The van der Waals surface area contributed by atoms with Gasteiger partial charge in [-0.05, 0) is 60.3 Å². The number of aromatic amines is 1. The molecule has 0 bridgehead atoms. The molecule has 1 aromatic carbocycles. The van der Waals surface area contributed by atoms with Crippen LogP contribution in [0.15, 0.2) is 53.6 Å². The van der Waals surface area contributed by atoms with Crippen molar-refractivity contribution in [3.05, 3.63) is 70.3 Å². The van der Waals surface area contributed by atoms with Crippen LogP contribution in [0.4, 0.5) is 0 Å². The Morgan fingerprint density at radius 3 is 3.00 bits per heavy atom. The van der Waals surface area contributed by atoms with E-state index in [0.29, 0.717) is 36.1 Å². The largest absolute Gasteiger partial charge is 0.497 e. The molecule has 0 spiro atoms. The van der Waals surface area contributed by atoms with E-state index in [1.807, 2.05) is 47.5 Å². The van der Waals surface area contributed by atoms with Gasteiger partial charge in [-0.1, -0.05) is 6.07 Å². The molecule has 3 aromatic rings. The van der Waals surface area contributed by atoms with Gasteiger partial charge in [-0.15, -0.1) is 0 Å². The third kappa shape index (κ3) is 5.39. The van der Waals surface area contributed by atoms with Gasteiger partial charge in [0.25, 0.3) is 5.56 Å². The predicted molar refractivity (Wildman–Crippen MR) is 124 cm³/mol. The number of nitrogens with one attached hydrogen (secondary N) is 2. The SMILES string of the molecule is COc1ccc2cc(CN(Cc3cccnc3)C(=S)NC[C@@H]3CCCO3)c(=O)[nH]c2c1. The van der Waals surface area contributed by atoms with Crippen LogP contribution in [-0.2, 0) is 17.8 Å². The number of aromatic nitrogens is 2. The molecule has 8 heteroatoms. The van der Waals surface area contributed by atoms with Crippen molar-refractivity contribution in [2.75, 3.05) is 20.3 Å². The number of methoxy groups -OCH3 is 1. The van der Waals surface area contributed by atoms with Crippen LogP contribution < -0.4 is 15.6 Å². The molecule has 2 aromatic heterocycles. The molecule has 2 N–H and O–H groups in total. The Hall–Kier alpha value is -2.97. The number of fused-ring (bicyclic) bond motifs is 1. The van der Waals surface area contributed by atoms with Crippen molar-refractivity contribution in [2.24, 2.45) is 0 Å². The van der Waals surface area contributed by atoms with Gasteiger partial charge in [-0.25, -0.2) is 0 Å². The molecule has 1 fully saturated rings. The topological polar surface area (TPSA) is 79.5 Å². The molecule has 4 rings (SSSR count). The zero-order valence-corrected chi connectivity index (χ0v) is 18.3. The number of H-pyrrole nitrogens is 1. The second-order valence-electron chi connectivity index (χ2n) is 7.62. The van der Waals surface area contributed by atoms with Gasteiger partial charge in [0, 0.05) is 43.7 Å². The van der Waals surface area contributed by atoms with E-state index in [-0.39, 0.29) is 11.7 Å². The minimum absolute atomic E-state index is 0.140. The Bertz CT molecular complexity index is 1100. The summed E-state index contributed by atoms with van der Waals surface area (Å²) in [6, 6.07) is 11.4. The molecule has 0 aliphatic carbocycles. The molecule has 0 radical (unpaired) electrons. The second-order valence-corrected chi connectivity index (χ2v) is 8.00. The van der Waals surface area contributed by atoms with Crippen LogP contribution in [0.25, 0.3) is 10.9 Å². The molecule has 0 unspecified atom stereocenters. The number of hydrogen-bond acceptors (Lipinski definition) is 5. The summed E-state index contributed by atoms with van der Waals surface area (Å²) in [5, 5.41) is 4.85. The summed E-state index contributed by atoms with van der Waals surface area (Å²) in [7, 11) is 1.61. The molecule has 0 saturated carbocycles. The van der Waals surface area contributed by atoms with E-state index in [0.717, 1.165) is 35.9 Å². The lowest BCUT2D eigenvalue weighted by Crippen LogP contribution is -2.42. The van der Waals surface area contributed by atoms with E-state index in [1.165, 1.54) is 0 Å². The molecule has 7 nitrogen and oxygen atoms in total. The lowest BCUT2D eigenvalue weighted by atomic mass is 10.1. The average molecular weight is 439 g/mol. The summed E-state index contributed by atoms with van der Waals surface area (Å²) >= 11 is 5.69. The van der Waals surface area contributed by atoms with Crippen molar-refractivity contribution in [2.45, 2.75) is 32.0 Å². The zero-order chi connectivity index (χ0) is 21.6. The maximum Gasteiger partial charge on any atom is 0.253 e. The Morgan fingerprint density at radius 2 is 2.26 bits per heavy atom. The maximum absolute atomic E-state index is 12.8. The summed E-state index contributed by atoms with van der Waals surface area (Å²) in [4.78, 5) is 21.9. The quantitative estimate of drug-likeness (QED) is 0.549. The van der Waals surface area contributed by atoms with Crippen LogP contribution in [-0.4, -0.2) is 46.3 Å². The van der Waals surface area contributed by atoms with Gasteiger partial charge < -0.3 is 24.7 Å². The smallest absolute Gasteiger partial charge is 0.253 e. The van der Waals surface area contributed by atoms with Crippen LogP contribution >= 0.6 is 12.2 Å². The normalized spacial score (nSPS) is 15.7. The monoisotopic (exact) mass is 438 g/mol. The van der Waals surface area contributed by atoms with Gasteiger partial charge in [-0.2, -0.15) is 0 Å². The van der Waals surface area contributed by atoms with Crippen LogP contribution in [0.2, 0.25) is 0 Å². The molecular weight excluding hydrogens is 412 g/mol. The Labute approximate surface area is 186 Å². The number of rotatable bonds is 7. The molecule has 0 amide bonds. The van der Waals surface area contributed by atoms with E-state index in [1.54, 1.807) is 13.3 Å². The number of benzene rings is 1. The molecule has 1 aliphatic rings. The summed E-state index contributed by atoms with van der Waals surface area (Å²) in [6.07, 6.45) is 5.84. The number of thiocarbonyl (C=S) groups is 1. The first-order valence-electron chi connectivity index (χ1n) is 10.4. The first-order chi connectivity index (χ1) is 15.1. The van der Waals surface area contributed by atoms with Gasteiger partial charge in [-0.3, -0.25) is 9.78 Å². The summed E-state index contributed by atoms with van der Waals surface area (Å²) in [5.41, 5.74) is 2.26. The van der Waals surface area contributed by atoms with Gasteiger partial charge in [0.1, 0.15) is 5.75 Å². The minimum Gasteiger partial charge on any atom is -0.497 e. The van der Waals surface area contributed by atoms with Gasteiger partial charge in [0.15, 0.2) is 5.11 Å². The van der Waals surface area contributed by atoms with E-state index in [4.69, 9.17) is 21.7 Å². The second kappa shape index (κ2) is 9.89. The van der Waals surface area contributed by atoms with E-state index in [9.17, 15) is 4.79 Å². The van der Waals surface area contributed by atoms with Crippen LogP contribution in [0.1, 0.15) is 24.0 Å². The summed E-state index contributed by atoms with van der Waals surface area (Å²) in [6.45, 7) is 2.39. The van der Waals surface area contributed by atoms with Crippen molar-refractivity contribution in [1.29, 1.82) is 0 Å². The van der Waals surface area contributed by atoms with Crippen molar-refractivity contribution in [3.63, 3.8) is 0 Å². The van der Waals surface area contributed by atoms with Gasteiger partial charge >= 0.3 is 0 Å². The van der Waals surface area contributed by atoms with E-state index in [2.05, 4.69) is 15.3 Å². The van der Waals surface area contributed by atoms with Gasteiger partial charge in [0.05, 0.1) is 25.3 Å². The van der Waals surface area contributed by atoms with E-state index >= 15 is 0 Å². The van der Waals surface area contributed by atoms with Crippen molar-refractivity contribution in [3.8, 4) is 5.75 Å².